The summed E-state index contributed by atoms with van der Waals surface area (Å²) in [6.45, 7) is 9.48. The number of carbonyl (C=O) groups excluding carboxylic acids is 3. The predicted octanol–water partition coefficient (Wildman–Crippen LogP) is 19.2. The van der Waals surface area contributed by atoms with Gasteiger partial charge in [-0.1, -0.05) is 36.4 Å². The molecule has 6 aliphatic rings. The number of likely N-dealkylation sites (N-methyl/N-ethyl adjacent to an activating group) is 2. The number of nitrogens with two attached hydrogens (primary N) is 1. The summed E-state index contributed by atoms with van der Waals surface area (Å²) in [5.41, 5.74) is -3.55. The Balaban J connectivity index is 0.000000181. The molecule has 114 heavy (non-hydrogen) atoms. The van der Waals surface area contributed by atoms with Crippen molar-refractivity contribution in [2.24, 2.45) is 23.5 Å². The molecule has 0 unspecified atom stereocenters. The number of alkyl halides is 18. The normalized spacial score (nSPS) is 29.0. The molecule has 3 heterocycles. The number of hydrogen-bond donors (Lipinski definition) is 5. The first kappa shape index (κ1) is 88.4. The van der Waals surface area contributed by atoms with Gasteiger partial charge in [-0.15, -0.1) is 0 Å². The van der Waals surface area contributed by atoms with E-state index < -0.39 is 147 Å². The molecule has 12 rings (SSSR count). The minimum Gasteiger partial charge on any atom is -0.370 e. The van der Waals surface area contributed by atoms with E-state index in [9.17, 15) is 107 Å². The lowest BCUT2D eigenvalue weighted by Gasteiger charge is -2.32. The number of hydrogen-bond acceptors (Lipinski definition) is 9. The zero-order valence-electron chi connectivity index (χ0n) is 63.1. The third-order valence-electron chi connectivity index (χ3n) is 23.5. The molecule has 33 heteroatoms. The van der Waals surface area contributed by atoms with Gasteiger partial charge in [-0.3, -0.25) is 19.3 Å². The Kier molecular flexibility index (Phi) is 25.7. The maximum atomic E-state index is 13.7. The molecule has 0 spiro atoms. The Bertz CT molecular complexity index is 4280. The minimum atomic E-state index is -4.97. The molecule has 3 saturated carbocycles. The van der Waals surface area contributed by atoms with Crippen LogP contribution in [0.5, 0.6) is 0 Å². The van der Waals surface area contributed by atoms with Gasteiger partial charge in [0.1, 0.15) is 17.5 Å². The van der Waals surface area contributed by atoms with Gasteiger partial charge in [-0.05, 0) is 263 Å². The van der Waals surface area contributed by atoms with E-state index in [-0.39, 0.29) is 100 Å². The van der Waals surface area contributed by atoms with Crippen molar-refractivity contribution in [1.82, 2.24) is 26.2 Å². The molecule has 0 bridgehead atoms. The van der Waals surface area contributed by atoms with Crippen LogP contribution in [0.25, 0.3) is 0 Å². The van der Waals surface area contributed by atoms with Crippen LogP contribution in [0, 0.1) is 35.2 Å². The summed E-state index contributed by atoms with van der Waals surface area (Å²) in [6, 6.07) is 20.8. The number of nitrogens with zero attached hydrogens (tertiary/aromatic N) is 1. The topological polar surface area (TPSA) is 156 Å². The van der Waals surface area contributed by atoms with Gasteiger partial charge in [-0.25, -0.2) is 13.2 Å². The fourth-order valence-electron chi connectivity index (χ4n) is 17.0. The lowest BCUT2D eigenvalue weighted by Crippen LogP contribution is -2.47. The third kappa shape index (κ3) is 20.0. The highest BCUT2D eigenvalue weighted by molar-refractivity contribution is 5.89. The molecule has 6 aromatic rings. The number of nitrogens with one attached hydrogen (secondary N) is 4. The maximum Gasteiger partial charge on any atom is 0.416 e. The van der Waals surface area contributed by atoms with E-state index >= 15 is 0 Å². The van der Waals surface area contributed by atoms with Gasteiger partial charge in [0, 0.05) is 35.9 Å². The van der Waals surface area contributed by atoms with Crippen molar-refractivity contribution in [1.29, 1.82) is 0 Å². The summed E-state index contributed by atoms with van der Waals surface area (Å²) < 4.78 is 301. The molecule has 6 aromatic carbocycles. The second kappa shape index (κ2) is 33.2. The van der Waals surface area contributed by atoms with Crippen LogP contribution in [0.4, 0.5) is 92.2 Å². The number of carbonyl (C=O) groups is 3. The van der Waals surface area contributed by atoms with Crippen LogP contribution in [-0.2, 0) is 65.7 Å². The monoisotopic (exact) mass is 1640 g/mol. The zero-order chi connectivity index (χ0) is 84.3. The summed E-state index contributed by atoms with van der Waals surface area (Å²) in [5, 5.41) is 12.0. The number of benzene rings is 6. The number of ether oxygens (including phenoxy) is 3. The highest BCUT2D eigenvalue weighted by Crippen LogP contribution is 2.53. The molecule has 3 aliphatic heterocycles. The lowest BCUT2D eigenvalue weighted by molar-refractivity contribution is -0.145. The molecule has 3 saturated heterocycles. The number of halogens is 21. The average molecular weight is 1640 g/mol. The molecule has 6 N–H and O–H groups in total. The number of rotatable bonds is 17. The van der Waals surface area contributed by atoms with Crippen LogP contribution in [0.1, 0.15) is 202 Å². The molecular formula is C81H87F21N6O6. The first-order valence-corrected chi connectivity index (χ1v) is 36.9. The van der Waals surface area contributed by atoms with Gasteiger partial charge >= 0.3 is 37.1 Å². The quantitative estimate of drug-likeness (QED) is 0.0561. The fourth-order valence-corrected chi connectivity index (χ4v) is 17.0. The van der Waals surface area contributed by atoms with Crippen molar-refractivity contribution in [3.63, 3.8) is 0 Å². The maximum absolute atomic E-state index is 13.7. The summed E-state index contributed by atoms with van der Waals surface area (Å²) in [6.07, 6.45) is -30.4. The van der Waals surface area contributed by atoms with Gasteiger partial charge in [0.2, 0.25) is 17.7 Å². The Hall–Kier alpha value is -7.98. The van der Waals surface area contributed by atoms with Gasteiger partial charge in [-0.2, -0.15) is 79.0 Å². The van der Waals surface area contributed by atoms with E-state index in [0.29, 0.717) is 99.7 Å². The average Bonchev–Trinajstić information content (AvgIpc) is 1.76. The Morgan fingerprint density at radius 2 is 0.649 bits per heavy atom. The van der Waals surface area contributed by atoms with Crippen molar-refractivity contribution < 1.29 is 121 Å². The highest BCUT2D eigenvalue weighted by atomic mass is 19.4. The SMILES string of the molecule is CN[C@]1(C)C[C@H]([C@@H]2CC[C@H](O[C@H](C)c3cc(C(F)(F)F)cc(C(F)(F)F)c3)[C@H]2c2ccc(F)cc2)NC1=O.C[C@@H](O[C@H]1CC[C@@H]([C@@H]2C[C@@](C)(N(C)C)C(=O)N2)[C@@H]1c1ccc(F)cc1)c1cc(C(F)(F)F)cc(C(F)(F)F)c1.C[C@@H](O[C@H]1CC[C@@H]([C@@H]2C[C@@](C)(N)C(=O)N2)[C@@H]1c1ccc(F)cc1)c1cc(C(F)(F)F)cc(C(F)(F)F)c1. The zero-order valence-corrected chi connectivity index (χ0v) is 63.1. The highest BCUT2D eigenvalue weighted by Gasteiger charge is 2.55. The first-order chi connectivity index (χ1) is 52.7. The molecule has 6 fully saturated rings. The predicted molar refractivity (Wildman–Crippen MR) is 377 cm³/mol. The van der Waals surface area contributed by atoms with E-state index in [1.807, 2.05) is 25.9 Å². The van der Waals surface area contributed by atoms with E-state index in [2.05, 4.69) is 21.3 Å². The smallest absolute Gasteiger partial charge is 0.370 e. The first-order valence-electron chi connectivity index (χ1n) is 36.9. The van der Waals surface area contributed by atoms with Gasteiger partial charge in [0.25, 0.3) is 0 Å². The Morgan fingerprint density at radius 3 is 0.877 bits per heavy atom. The summed E-state index contributed by atoms with van der Waals surface area (Å²) >= 11 is 0. The van der Waals surface area contributed by atoms with E-state index in [4.69, 9.17) is 19.9 Å². The molecule has 12 nitrogen and oxygen atoms in total. The molecule has 0 radical (unpaired) electrons. The fraction of sp³-hybridized carbons (Fsp3) is 0.519. The number of amides is 3. The van der Waals surface area contributed by atoms with Crippen molar-refractivity contribution in [3.05, 3.63) is 212 Å². The summed E-state index contributed by atoms with van der Waals surface area (Å²) in [5.74, 6) is -3.53. The Labute approximate surface area is 644 Å². The summed E-state index contributed by atoms with van der Waals surface area (Å²) in [4.78, 5) is 39.6. The molecule has 0 aromatic heterocycles. The standard InChI is InChI=1S/C28H31F7N2O2.C27H29F7N2O2.C26H27F7N2O2/c1-15(17-11-18(27(30,31)32)13-19(12-17)28(33,34)35)39-23-10-9-21(24(23)16-5-7-20(29)8-6-16)22-14-26(2,37(3)4)25(38)36-22;1-14(16-10-17(26(29,30)31)12-18(11-16)27(32,33)34)38-22-9-8-20(21-13-25(2,35-3)24(37)36-21)23(22)15-4-6-19(28)7-5-15;1-13(15-9-16(25(28,29)30)11-17(10-15)26(31,32)33)37-21-8-7-19(20-12-24(2,34)23(36)35-20)22(21)14-3-5-18(27)6-4-14/h5-8,11-13,15,21-24H,9-10,14H2,1-4H3,(H,36,38);4-7,10-12,14,20-23,35H,8-9,13H2,1-3H3,(H,36,37);3-6,9-11,13,19-22H,7-8,12,34H2,1-2H3,(H,35,36)/t15-,21+,22+,23+,24+,26-;14-,20+,21-,22+,23+,25-;13-,19+,20+,21+,22+,24-/m111/s1. The lowest BCUT2D eigenvalue weighted by atomic mass is 9.80. The molecular weight excluding hydrogens is 1550 g/mol. The summed E-state index contributed by atoms with van der Waals surface area (Å²) in [7, 11) is 5.31. The minimum absolute atomic E-state index is 0.0791. The van der Waals surface area contributed by atoms with Crippen molar-refractivity contribution in [2.45, 2.75) is 226 Å². The van der Waals surface area contributed by atoms with E-state index in [0.717, 1.165) is 11.1 Å². The van der Waals surface area contributed by atoms with Crippen LogP contribution in [0.3, 0.4) is 0 Å². The van der Waals surface area contributed by atoms with Crippen LogP contribution in [-0.4, -0.2) is 96.8 Å². The van der Waals surface area contributed by atoms with E-state index in [1.54, 1.807) is 57.3 Å². The molecule has 18 atom stereocenters. The van der Waals surface area contributed by atoms with Crippen molar-refractivity contribution in [3.8, 4) is 0 Å². The third-order valence-corrected chi connectivity index (χ3v) is 23.5. The largest absolute Gasteiger partial charge is 0.416 e. The van der Waals surface area contributed by atoms with Gasteiger partial charge in [0.05, 0.1) is 86.6 Å². The van der Waals surface area contributed by atoms with Gasteiger partial charge < -0.3 is 41.2 Å². The molecule has 3 amide bonds. The second-order valence-electron chi connectivity index (χ2n) is 31.4. The van der Waals surface area contributed by atoms with Crippen LogP contribution in [0.2, 0.25) is 0 Å². The molecule has 3 aliphatic carbocycles. The second-order valence-corrected chi connectivity index (χ2v) is 31.4. The van der Waals surface area contributed by atoms with Crippen LogP contribution in [0.15, 0.2) is 127 Å². The Morgan fingerprint density at radius 1 is 0.395 bits per heavy atom. The molecule has 624 valence electrons. The van der Waals surface area contributed by atoms with Crippen LogP contribution < -0.4 is 27.0 Å². The van der Waals surface area contributed by atoms with E-state index in [1.165, 1.54) is 57.2 Å². The van der Waals surface area contributed by atoms with Crippen LogP contribution >= 0.6 is 0 Å². The van der Waals surface area contributed by atoms with Gasteiger partial charge in [0.15, 0.2) is 0 Å². The van der Waals surface area contributed by atoms with Crippen molar-refractivity contribution >= 4 is 17.7 Å². The van der Waals surface area contributed by atoms with Crippen molar-refractivity contribution in [2.75, 3.05) is 21.1 Å².